The van der Waals surface area contributed by atoms with Crippen LogP contribution in [0.2, 0.25) is 0 Å². The van der Waals surface area contributed by atoms with Crippen LogP contribution in [0.5, 0.6) is 0 Å². The highest BCUT2D eigenvalue weighted by molar-refractivity contribution is 5.95. The molecular formula is C17H13N3O4. The second-order valence-corrected chi connectivity index (χ2v) is 5.30. The molecule has 0 aromatic heterocycles. The van der Waals surface area contributed by atoms with E-state index >= 15 is 0 Å². The zero-order valence-corrected chi connectivity index (χ0v) is 12.7. The van der Waals surface area contributed by atoms with E-state index in [0.717, 1.165) is 22.9 Å². The molecule has 0 aliphatic carbocycles. The highest BCUT2D eigenvalue weighted by Gasteiger charge is 2.20. The van der Waals surface area contributed by atoms with E-state index < -0.39 is 9.85 Å². The molecule has 0 radical (unpaired) electrons. The van der Waals surface area contributed by atoms with E-state index in [9.17, 15) is 20.2 Å². The van der Waals surface area contributed by atoms with Gasteiger partial charge in [0.25, 0.3) is 11.4 Å². The van der Waals surface area contributed by atoms with Crippen LogP contribution in [0.4, 0.5) is 17.1 Å². The quantitative estimate of drug-likeness (QED) is 0.629. The Morgan fingerprint density at radius 1 is 1.04 bits per heavy atom. The van der Waals surface area contributed by atoms with Crippen molar-refractivity contribution in [3.05, 3.63) is 86.1 Å². The number of hydrogen-bond donors (Lipinski definition) is 0. The summed E-state index contributed by atoms with van der Waals surface area (Å²) in [6, 6.07) is 11.3. The van der Waals surface area contributed by atoms with Gasteiger partial charge in [-0.2, -0.15) is 0 Å². The molecule has 0 spiro atoms. The summed E-state index contributed by atoms with van der Waals surface area (Å²) in [7, 11) is 1.92. The van der Waals surface area contributed by atoms with Gasteiger partial charge in [-0.15, -0.1) is 0 Å². The maximum Gasteiger partial charge on any atom is 0.283 e. The average molecular weight is 323 g/mol. The fraction of sp³-hybridized carbons (Fsp3) is 0.0588. The molecule has 0 saturated heterocycles. The number of hydrogen-bond acceptors (Lipinski definition) is 5. The Bertz CT molecular complexity index is 902. The number of benzene rings is 2. The zero-order chi connectivity index (χ0) is 17.3. The van der Waals surface area contributed by atoms with Gasteiger partial charge in [0.1, 0.15) is 0 Å². The molecule has 0 bridgehead atoms. The molecule has 0 N–H and O–H groups in total. The molecule has 1 heterocycles. The minimum absolute atomic E-state index is 0.290. The summed E-state index contributed by atoms with van der Waals surface area (Å²) < 4.78 is 0. The van der Waals surface area contributed by atoms with Crippen LogP contribution in [-0.4, -0.2) is 16.9 Å². The van der Waals surface area contributed by atoms with Gasteiger partial charge in [-0.25, -0.2) is 0 Å². The Hall–Kier alpha value is -3.48. The molecular weight excluding hydrogens is 310 g/mol. The number of nitrogens with zero attached hydrogens (tertiary/aromatic N) is 3. The second kappa shape index (κ2) is 5.96. The van der Waals surface area contributed by atoms with Crippen LogP contribution in [0.25, 0.3) is 11.6 Å². The van der Waals surface area contributed by atoms with Crippen molar-refractivity contribution in [2.75, 3.05) is 11.9 Å². The van der Waals surface area contributed by atoms with Crippen LogP contribution >= 0.6 is 0 Å². The van der Waals surface area contributed by atoms with Gasteiger partial charge in [0, 0.05) is 30.6 Å². The van der Waals surface area contributed by atoms with Crippen LogP contribution in [0.3, 0.4) is 0 Å². The molecule has 0 atom stereocenters. The third-order valence-electron chi connectivity index (χ3n) is 3.81. The van der Waals surface area contributed by atoms with E-state index in [-0.39, 0.29) is 11.4 Å². The number of non-ortho nitro benzene ring substituents is 1. The first-order valence-corrected chi connectivity index (χ1v) is 7.12. The van der Waals surface area contributed by atoms with Crippen molar-refractivity contribution in [2.45, 2.75) is 0 Å². The zero-order valence-electron chi connectivity index (χ0n) is 12.7. The van der Waals surface area contributed by atoms with E-state index in [1.54, 1.807) is 6.08 Å². The lowest BCUT2D eigenvalue weighted by Gasteiger charge is -2.23. The third-order valence-corrected chi connectivity index (χ3v) is 3.81. The number of fused-ring (bicyclic) bond motifs is 1. The van der Waals surface area contributed by atoms with Gasteiger partial charge < -0.3 is 4.90 Å². The van der Waals surface area contributed by atoms with Crippen molar-refractivity contribution in [3.8, 4) is 0 Å². The van der Waals surface area contributed by atoms with Crippen molar-refractivity contribution in [1.29, 1.82) is 0 Å². The summed E-state index contributed by atoms with van der Waals surface area (Å²) in [4.78, 5) is 22.8. The normalized spacial score (nSPS) is 14.5. The van der Waals surface area contributed by atoms with E-state index in [1.807, 2.05) is 48.5 Å². The van der Waals surface area contributed by atoms with Crippen molar-refractivity contribution in [1.82, 2.24) is 0 Å². The molecule has 2 aromatic rings. The summed E-state index contributed by atoms with van der Waals surface area (Å²) in [6.45, 7) is 0. The fourth-order valence-corrected chi connectivity index (χ4v) is 2.61. The predicted octanol–water partition coefficient (Wildman–Crippen LogP) is 4.01. The Morgan fingerprint density at radius 3 is 2.50 bits per heavy atom. The first-order chi connectivity index (χ1) is 11.5. The molecule has 0 unspecified atom stereocenters. The van der Waals surface area contributed by atoms with Crippen LogP contribution in [0.15, 0.2) is 54.7 Å². The molecule has 7 heteroatoms. The number of rotatable bonds is 3. The molecule has 0 fully saturated rings. The summed E-state index contributed by atoms with van der Waals surface area (Å²) >= 11 is 0. The lowest BCUT2D eigenvalue weighted by molar-refractivity contribution is -0.394. The van der Waals surface area contributed by atoms with Crippen molar-refractivity contribution in [2.24, 2.45) is 0 Å². The van der Waals surface area contributed by atoms with Gasteiger partial charge in [0.2, 0.25) is 0 Å². The van der Waals surface area contributed by atoms with E-state index in [2.05, 4.69) is 0 Å². The predicted molar refractivity (Wildman–Crippen MR) is 91.6 cm³/mol. The van der Waals surface area contributed by atoms with Gasteiger partial charge in [-0.3, -0.25) is 20.2 Å². The summed E-state index contributed by atoms with van der Waals surface area (Å²) in [5.41, 5.74) is 2.46. The highest BCUT2D eigenvalue weighted by atomic mass is 16.6. The lowest BCUT2D eigenvalue weighted by atomic mass is 9.97. The summed E-state index contributed by atoms with van der Waals surface area (Å²) in [5, 5.41) is 22.1. The first kappa shape index (κ1) is 15.4. The van der Waals surface area contributed by atoms with Crippen LogP contribution in [0.1, 0.15) is 11.1 Å². The average Bonchev–Trinajstić information content (AvgIpc) is 2.57. The van der Waals surface area contributed by atoms with Gasteiger partial charge >= 0.3 is 0 Å². The van der Waals surface area contributed by atoms with E-state index in [1.165, 1.54) is 12.1 Å². The molecule has 1 aliphatic rings. The lowest BCUT2D eigenvalue weighted by Crippen LogP contribution is -2.13. The van der Waals surface area contributed by atoms with Crippen molar-refractivity contribution in [3.63, 3.8) is 0 Å². The van der Waals surface area contributed by atoms with Gasteiger partial charge in [-0.1, -0.05) is 18.2 Å². The second-order valence-electron chi connectivity index (χ2n) is 5.30. The van der Waals surface area contributed by atoms with Crippen molar-refractivity contribution >= 4 is 28.7 Å². The SMILES string of the molecule is CN1C=C/C(=C\c2ccc([N+](=O)[O-])cc2[N+](=O)[O-])c2ccccc21. The Balaban J connectivity index is 2.14. The number of allylic oxidation sites excluding steroid dienone is 2. The van der Waals surface area contributed by atoms with Crippen LogP contribution < -0.4 is 4.90 Å². The minimum Gasteiger partial charge on any atom is -0.351 e. The molecule has 7 nitrogen and oxygen atoms in total. The highest BCUT2D eigenvalue weighted by Crippen LogP contribution is 2.35. The molecule has 0 saturated carbocycles. The molecule has 3 rings (SSSR count). The maximum absolute atomic E-state index is 11.3. The number of anilines is 1. The Labute approximate surface area is 137 Å². The maximum atomic E-state index is 11.3. The largest absolute Gasteiger partial charge is 0.351 e. The van der Waals surface area contributed by atoms with Crippen LogP contribution in [0, 0.1) is 20.2 Å². The third kappa shape index (κ3) is 2.74. The van der Waals surface area contributed by atoms with E-state index in [4.69, 9.17) is 0 Å². The Morgan fingerprint density at radius 2 is 1.79 bits per heavy atom. The van der Waals surface area contributed by atoms with Gasteiger partial charge in [-0.05, 0) is 29.9 Å². The summed E-state index contributed by atoms with van der Waals surface area (Å²) in [6.07, 6.45) is 5.39. The smallest absolute Gasteiger partial charge is 0.283 e. The Kier molecular flexibility index (Phi) is 3.83. The topological polar surface area (TPSA) is 89.5 Å². The first-order valence-electron chi connectivity index (χ1n) is 7.12. The van der Waals surface area contributed by atoms with Crippen molar-refractivity contribution < 1.29 is 9.85 Å². The molecule has 24 heavy (non-hydrogen) atoms. The standard InChI is InChI=1S/C17H13N3O4/c1-18-9-8-12(15-4-2-3-5-16(15)18)10-13-6-7-14(19(21)22)11-17(13)20(23)24/h2-11H,1H3/b12-10+. The molecule has 2 aromatic carbocycles. The monoisotopic (exact) mass is 323 g/mol. The fourth-order valence-electron chi connectivity index (χ4n) is 2.61. The summed E-state index contributed by atoms with van der Waals surface area (Å²) in [5.74, 6) is 0. The number of nitro benzene ring substituents is 2. The number of para-hydroxylation sites is 1. The molecule has 0 amide bonds. The minimum atomic E-state index is -0.644. The molecule has 1 aliphatic heterocycles. The van der Waals surface area contributed by atoms with Gasteiger partial charge in [0.05, 0.1) is 21.5 Å². The van der Waals surface area contributed by atoms with E-state index in [0.29, 0.717) is 5.56 Å². The number of nitro groups is 2. The van der Waals surface area contributed by atoms with Gasteiger partial charge in [0.15, 0.2) is 0 Å². The molecule has 120 valence electrons. The van der Waals surface area contributed by atoms with Crippen LogP contribution in [-0.2, 0) is 0 Å².